The molecule has 0 saturated carbocycles. The van der Waals surface area contributed by atoms with E-state index >= 15 is 0 Å². The largest absolute Gasteiger partial charge is 0.317 e. The highest BCUT2D eigenvalue weighted by Gasteiger charge is 2.33. The molecular weight excluding hydrogens is 208 g/mol. The van der Waals surface area contributed by atoms with Crippen molar-refractivity contribution in [1.29, 1.82) is 0 Å². The van der Waals surface area contributed by atoms with Crippen molar-refractivity contribution in [3.63, 3.8) is 0 Å². The Hall–Kier alpha value is -0.960. The molecule has 1 nitrogen and oxygen atoms in total. The Balaban J connectivity index is 2.36. The van der Waals surface area contributed by atoms with E-state index in [1.54, 1.807) is 6.07 Å². The lowest BCUT2D eigenvalue weighted by atomic mass is 9.86. The number of nitrogens with one attached hydrogen (secondary N) is 1. The van der Waals surface area contributed by atoms with Crippen LogP contribution < -0.4 is 5.32 Å². The fourth-order valence-corrected chi connectivity index (χ4v) is 2.38. The number of hydrogen-bond donors (Lipinski definition) is 1. The van der Waals surface area contributed by atoms with Gasteiger partial charge in [-0.25, -0.2) is 8.78 Å². The molecule has 0 radical (unpaired) electrons. The van der Waals surface area contributed by atoms with E-state index in [4.69, 9.17) is 0 Å². The molecule has 1 unspecified atom stereocenters. The van der Waals surface area contributed by atoms with E-state index in [2.05, 4.69) is 5.32 Å². The van der Waals surface area contributed by atoms with Crippen LogP contribution in [0.5, 0.6) is 0 Å². The van der Waals surface area contributed by atoms with Gasteiger partial charge in [-0.1, -0.05) is 6.07 Å². The Morgan fingerprint density at radius 1 is 1.25 bits per heavy atom. The molecule has 0 aromatic heterocycles. The van der Waals surface area contributed by atoms with E-state index in [1.165, 1.54) is 12.1 Å². The molecule has 16 heavy (non-hydrogen) atoms. The lowest BCUT2D eigenvalue weighted by molar-refractivity contribution is 0.143. The van der Waals surface area contributed by atoms with Crippen molar-refractivity contribution in [2.75, 3.05) is 13.1 Å². The molecule has 0 amide bonds. The molecule has 1 atom stereocenters. The highest BCUT2D eigenvalue weighted by atomic mass is 19.1. The Kier molecular flexibility index (Phi) is 3.24. The maximum Gasteiger partial charge on any atom is 0.137 e. The summed E-state index contributed by atoms with van der Waals surface area (Å²) in [4.78, 5) is 0. The zero-order valence-corrected chi connectivity index (χ0v) is 9.52. The van der Waals surface area contributed by atoms with Crippen molar-refractivity contribution in [3.8, 4) is 0 Å². The molecule has 0 bridgehead atoms. The topological polar surface area (TPSA) is 12.0 Å². The van der Waals surface area contributed by atoms with Crippen LogP contribution in [0.4, 0.5) is 8.78 Å². The molecule has 3 heteroatoms. The van der Waals surface area contributed by atoms with Crippen LogP contribution in [0.1, 0.15) is 30.4 Å². The smallest absolute Gasteiger partial charge is 0.137 e. The minimum atomic E-state index is -1.37. The van der Waals surface area contributed by atoms with Crippen LogP contribution in [0.3, 0.4) is 0 Å². The van der Waals surface area contributed by atoms with Crippen LogP contribution in [0.15, 0.2) is 18.2 Å². The third kappa shape index (κ3) is 2.24. The van der Waals surface area contributed by atoms with Gasteiger partial charge in [0.25, 0.3) is 0 Å². The average Bonchev–Trinajstić information content (AvgIpc) is 2.48. The van der Waals surface area contributed by atoms with Gasteiger partial charge in [-0.2, -0.15) is 0 Å². The summed E-state index contributed by atoms with van der Waals surface area (Å²) in [6.07, 6.45) is 1.70. The van der Waals surface area contributed by atoms with Crippen LogP contribution in [0.2, 0.25) is 0 Å². The highest BCUT2D eigenvalue weighted by molar-refractivity contribution is 5.32. The second-order valence-electron chi connectivity index (χ2n) is 4.53. The molecule has 0 aliphatic carbocycles. The standard InChI is InChI=1S/C13H17F2N/c1-10-3-4-11(14)9-12(10)13(15)5-2-7-16-8-6-13/h3-4,9,16H,2,5-8H2,1H3. The monoisotopic (exact) mass is 225 g/mol. The molecule has 2 rings (SSSR count). The molecule has 1 heterocycles. The Labute approximate surface area is 94.9 Å². The zero-order valence-electron chi connectivity index (χ0n) is 9.52. The molecule has 1 N–H and O–H groups in total. The average molecular weight is 225 g/mol. The molecular formula is C13H17F2N. The number of rotatable bonds is 1. The van der Waals surface area contributed by atoms with Crippen molar-refractivity contribution >= 4 is 0 Å². The molecule has 0 spiro atoms. The summed E-state index contributed by atoms with van der Waals surface area (Å²) < 4.78 is 28.0. The van der Waals surface area contributed by atoms with Crippen molar-refractivity contribution in [2.24, 2.45) is 0 Å². The molecule has 1 aliphatic heterocycles. The van der Waals surface area contributed by atoms with E-state index < -0.39 is 5.67 Å². The van der Waals surface area contributed by atoms with Gasteiger partial charge in [-0.15, -0.1) is 0 Å². The third-order valence-corrected chi connectivity index (χ3v) is 3.31. The second-order valence-corrected chi connectivity index (χ2v) is 4.53. The van der Waals surface area contributed by atoms with E-state index in [0.717, 1.165) is 18.5 Å². The van der Waals surface area contributed by atoms with E-state index in [-0.39, 0.29) is 5.82 Å². The fraction of sp³-hybridized carbons (Fsp3) is 0.538. The maximum atomic E-state index is 14.8. The molecule has 1 aromatic carbocycles. The number of alkyl halides is 1. The van der Waals surface area contributed by atoms with Gasteiger partial charge in [0.05, 0.1) is 0 Å². The van der Waals surface area contributed by atoms with Crippen LogP contribution in [-0.2, 0) is 5.67 Å². The van der Waals surface area contributed by atoms with E-state index in [9.17, 15) is 8.78 Å². The first-order valence-electron chi connectivity index (χ1n) is 5.78. The van der Waals surface area contributed by atoms with E-state index in [1.807, 2.05) is 6.92 Å². The van der Waals surface area contributed by atoms with Crippen molar-refractivity contribution in [3.05, 3.63) is 35.1 Å². The first kappa shape index (κ1) is 11.5. The number of halogens is 2. The van der Waals surface area contributed by atoms with Gasteiger partial charge in [-0.3, -0.25) is 0 Å². The summed E-state index contributed by atoms with van der Waals surface area (Å²) in [5.74, 6) is -0.352. The molecule has 1 saturated heterocycles. The van der Waals surface area contributed by atoms with Crippen LogP contribution in [-0.4, -0.2) is 13.1 Å². The van der Waals surface area contributed by atoms with Gasteiger partial charge >= 0.3 is 0 Å². The summed E-state index contributed by atoms with van der Waals surface area (Å²) >= 11 is 0. The minimum absolute atomic E-state index is 0.352. The van der Waals surface area contributed by atoms with Gasteiger partial charge in [0, 0.05) is 0 Å². The lowest BCUT2D eigenvalue weighted by Crippen LogP contribution is -2.23. The van der Waals surface area contributed by atoms with Crippen molar-refractivity contribution in [1.82, 2.24) is 5.32 Å². The van der Waals surface area contributed by atoms with Crippen molar-refractivity contribution < 1.29 is 8.78 Å². The maximum absolute atomic E-state index is 14.8. The van der Waals surface area contributed by atoms with Gasteiger partial charge in [0.15, 0.2) is 0 Å². The molecule has 1 fully saturated rings. The summed E-state index contributed by atoms with van der Waals surface area (Å²) in [5, 5.41) is 3.17. The Morgan fingerprint density at radius 2 is 2.06 bits per heavy atom. The van der Waals surface area contributed by atoms with Crippen molar-refractivity contribution in [2.45, 2.75) is 31.9 Å². The molecule has 88 valence electrons. The summed E-state index contributed by atoms with van der Waals surface area (Å²) in [5.41, 5.74) is -0.00243. The molecule has 1 aliphatic rings. The Bertz CT molecular complexity index is 368. The van der Waals surface area contributed by atoms with Crippen LogP contribution >= 0.6 is 0 Å². The predicted octanol–water partition coefficient (Wildman–Crippen LogP) is 3.07. The zero-order chi connectivity index (χ0) is 11.6. The number of benzene rings is 1. The van der Waals surface area contributed by atoms with Gasteiger partial charge in [0.1, 0.15) is 11.5 Å². The first-order valence-corrected chi connectivity index (χ1v) is 5.78. The highest BCUT2D eigenvalue weighted by Crippen LogP contribution is 2.37. The fourth-order valence-electron chi connectivity index (χ4n) is 2.38. The van der Waals surface area contributed by atoms with Gasteiger partial charge in [-0.05, 0) is 62.5 Å². The first-order chi connectivity index (χ1) is 7.62. The summed E-state index contributed by atoms with van der Waals surface area (Å²) in [6, 6.07) is 4.39. The lowest BCUT2D eigenvalue weighted by Gasteiger charge is -2.25. The number of hydrogen-bond acceptors (Lipinski definition) is 1. The summed E-state index contributed by atoms with van der Waals surface area (Å²) in [7, 11) is 0. The quantitative estimate of drug-likeness (QED) is 0.774. The summed E-state index contributed by atoms with van der Waals surface area (Å²) in [6.45, 7) is 3.35. The minimum Gasteiger partial charge on any atom is -0.317 e. The third-order valence-electron chi connectivity index (χ3n) is 3.31. The van der Waals surface area contributed by atoms with Gasteiger partial charge < -0.3 is 5.32 Å². The number of aryl methyl sites for hydroxylation is 1. The second kappa shape index (κ2) is 4.50. The SMILES string of the molecule is Cc1ccc(F)cc1C1(F)CCCNCC1. The Morgan fingerprint density at radius 3 is 2.88 bits per heavy atom. The van der Waals surface area contributed by atoms with Crippen LogP contribution in [0, 0.1) is 12.7 Å². The van der Waals surface area contributed by atoms with Gasteiger partial charge in [0.2, 0.25) is 0 Å². The van der Waals surface area contributed by atoms with Crippen LogP contribution in [0.25, 0.3) is 0 Å². The molecule has 1 aromatic rings. The normalized spacial score (nSPS) is 26.4. The van der Waals surface area contributed by atoms with E-state index in [0.29, 0.717) is 24.9 Å². The predicted molar refractivity (Wildman–Crippen MR) is 60.6 cm³/mol.